The minimum absolute atomic E-state index is 0.0441. The molecule has 1 unspecified atom stereocenters. The van der Waals surface area contributed by atoms with Crippen molar-refractivity contribution in [3.63, 3.8) is 0 Å². The topological polar surface area (TPSA) is 49.4 Å². The van der Waals surface area contributed by atoms with Crippen LogP contribution in [0.2, 0.25) is 0 Å². The van der Waals surface area contributed by atoms with Gasteiger partial charge in [-0.05, 0) is 44.3 Å². The second-order valence-electron chi connectivity index (χ2n) is 5.08. The Morgan fingerprint density at radius 1 is 1.44 bits per heavy atom. The van der Waals surface area contributed by atoms with Gasteiger partial charge in [-0.2, -0.15) is 0 Å². The molecule has 1 amide bonds. The number of benzene rings is 1. The van der Waals surface area contributed by atoms with Crippen molar-refractivity contribution in [3.05, 3.63) is 29.3 Å². The molecule has 0 aliphatic heterocycles. The first-order valence-electron chi connectivity index (χ1n) is 6.07. The maximum absolute atomic E-state index is 12.2. The minimum atomic E-state index is -0.0934. The second kappa shape index (κ2) is 4.90. The van der Waals surface area contributed by atoms with Gasteiger partial charge in [0.15, 0.2) is 5.78 Å². The molecule has 0 saturated heterocycles. The molecule has 0 aromatic heterocycles. The Bertz CT molecular complexity index is 495. The molecular weight excluding hydrogens is 228 g/mol. The lowest BCUT2D eigenvalue weighted by atomic mass is 10.1. The number of anilines is 1. The minimum Gasteiger partial charge on any atom is -0.326 e. The number of hydrogen-bond donors (Lipinski definition) is 1. The van der Waals surface area contributed by atoms with Crippen molar-refractivity contribution in [1.82, 2.24) is 4.90 Å². The highest BCUT2D eigenvalue weighted by molar-refractivity contribution is 6.03. The van der Waals surface area contributed by atoms with E-state index in [1.807, 2.05) is 31.1 Å². The van der Waals surface area contributed by atoms with Crippen molar-refractivity contribution in [3.8, 4) is 0 Å². The first-order valence-corrected chi connectivity index (χ1v) is 6.07. The first kappa shape index (κ1) is 12.8. The molecule has 1 atom stereocenters. The third kappa shape index (κ3) is 2.59. The van der Waals surface area contributed by atoms with Crippen LogP contribution in [0, 0.1) is 5.92 Å². The van der Waals surface area contributed by atoms with Crippen LogP contribution in [0.4, 0.5) is 5.69 Å². The van der Waals surface area contributed by atoms with Gasteiger partial charge in [-0.3, -0.25) is 9.59 Å². The van der Waals surface area contributed by atoms with Gasteiger partial charge in [0.05, 0.1) is 0 Å². The lowest BCUT2D eigenvalue weighted by Gasteiger charge is -2.13. The van der Waals surface area contributed by atoms with E-state index < -0.39 is 0 Å². The fourth-order valence-electron chi connectivity index (χ4n) is 2.45. The molecule has 0 radical (unpaired) electrons. The van der Waals surface area contributed by atoms with E-state index >= 15 is 0 Å². The van der Waals surface area contributed by atoms with E-state index in [-0.39, 0.29) is 17.6 Å². The summed E-state index contributed by atoms with van der Waals surface area (Å²) in [6, 6.07) is 5.51. The van der Waals surface area contributed by atoms with Gasteiger partial charge in [-0.1, -0.05) is 0 Å². The quantitative estimate of drug-likeness (QED) is 0.880. The van der Waals surface area contributed by atoms with E-state index in [2.05, 4.69) is 5.32 Å². The van der Waals surface area contributed by atoms with Crippen molar-refractivity contribution < 1.29 is 9.59 Å². The fraction of sp³-hybridized carbons (Fsp3) is 0.429. The van der Waals surface area contributed by atoms with Crippen molar-refractivity contribution in [2.75, 3.05) is 26.0 Å². The third-order valence-corrected chi connectivity index (χ3v) is 3.11. The van der Waals surface area contributed by atoms with Gasteiger partial charge in [-0.25, -0.2) is 0 Å². The Kier molecular flexibility index (Phi) is 3.48. The van der Waals surface area contributed by atoms with E-state index in [1.165, 1.54) is 6.92 Å². The predicted octanol–water partition coefficient (Wildman–Crippen LogP) is 1.56. The summed E-state index contributed by atoms with van der Waals surface area (Å²) in [6.45, 7) is 2.25. The summed E-state index contributed by atoms with van der Waals surface area (Å²) >= 11 is 0. The zero-order chi connectivity index (χ0) is 13.3. The normalized spacial score (nSPS) is 18.0. The molecule has 1 aromatic carbocycles. The number of carbonyl (C=O) groups is 2. The summed E-state index contributed by atoms with van der Waals surface area (Å²) in [5.41, 5.74) is 2.61. The Hall–Kier alpha value is -1.68. The number of rotatable bonds is 3. The van der Waals surface area contributed by atoms with Gasteiger partial charge < -0.3 is 10.2 Å². The van der Waals surface area contributed by atoms with Crippen LogP contribution in [0.1, 0.15) is 22.8 Å². The van der Waals surface area contributed by atoms with Gasteiger partial charge in [0, 0.05) is 30.6 Å². The van der Waals surface area contributed by atoms with Crippen LogP contribution in [0.25, 0.3) is 0 Å². The molecule has 0 bridgehead atoms. The summed E-state index contributed by atoms with van der Waals surface area (Å²) < 4.78 is 0. The number of hydrogen-bond acceptors (Lipinski definition) is 3. The summed E-state index contributed by atoms with van der Waals surface area (Å²) in [7, 11) is 3.94. The summed E-state index contributed by atoms with van der Waals surface area (Å²) in [6.07, 6.45) is 0.764. The molecule has 1 aromatic rings. The van der Waals surface area contributed by atoms with Crippen molar-refractivity contribution in [2.45, 2.75) is 13.3 Å². The SMILES string of the molecule is CC(=O)Nc1ccc2c(c1)CC(CN(C)C)C2=O. The zero-order valence-electron chi connectivity index (χ0n) is 11.0. The monoisotopic (exact) mass is 246 g/mol. The number of nitrogens with zero attached hydrogens (tertiary/aromatic N) is 1. The van der Waals surface area contributed by atoms with Crippen molar-refractivity contribution in [2.24, 2.45) is 5.92 Å². The molecular formula is C14H18N2O2. The molecule has 0 saturated carbocycles. The van der Waals surface area contributed by atoms with Crippen molar-refractivity contribution in [1.29, 1.82) is 0 Å². The molecule has 0 heterocycles. The number of Topliss-reactive ketones (excluding diaryl/α,β-unsaturated/α-hetero) is 1. The second-order valence-corrected chi connectivity index (χ2v) is 5.08. The van der Waals surface area contributed by atoms with Crippen LogP contribution in [0.3, 0.4) is 0 Å². The Morgan fingerprint density at radius 3 is 2.78 bits per heavy atom. The summed E-state index contributed by atoms with van der Waals surface area (Å²) in [5, 5.41) is 2.74. The standard InChI is InChI=1S/C14H18N2O2/c1-9(17)15-12-4-5-13-10(7-12)6-11(14(13)18)8-16(2)3/h4-5,7,11H,6,8H2,1-3H3,(H,15,17). The van der Waals surface area contributed by atoms with Gasteiger partial charge in [0.1, 0.15) is 0 Å². The number of nitrogens with one attached hydrogen (secondary N) is 1. The van der Waals surface area contributed by atoms with Crippen LogP contribution in [0.15, 0.2) is 18.2 Å². The van der Waals surface area contributed by atoms with E-state index in [0.29, 0.717) is 0 Å². The van der Waals surface area contributed by atoms with E-state index in [4.69, 9.17) is 0 Å². The van der Waals surface area contributed by atoms with Crippen LogP contribution in [-0.2, 0) is 11.2 Å². The number of carbonyl (C=O) groups excluding carboxylic acids is 2. The molecule has 96 valence electrons. The Balaban J connectivity index is 2.20. The van der Waals surface area contributed by atoms with E-state index in [1.54, 1.807) is 6.07 Å². The number of amides is 1. The molecule has 1 aliphatic carbocycles. The molecule has 4 heteroatoms. The van der Waals surface area contributed by atoms with Gasteiger partial charge >= 0.3 is 0 Å². The predicted molar refractivity (Wildman–Crippen MR) is 70.8 cm³/mol. The van der Waals surface area contributed by atoms with Crippen LogP contribution in [-0.4, -0.2) is 37.2 Å². The van der Waals surface area contributed by atoms with Gasteiger partial charge in [0.2, 0.25) is 5.91 Å². The van der Waals surface area contributed by atoms with Crippen LogP contribution in [0.5, 0.6) is 0 Å². The third-order valence-electron chi connectivity index (χ3n) is 3.11. The maximum Gasteiger partial charge on any atom is 0.221 e. The van der Waals surface area contributed by atoms with Gasteiger partial charge in [0.25, 0.3) is 0 Å². The largest absolute Gasteiger partial charge is 0.326 e. The average Bonchev–Trinajstić information content (AvgIpc) is 2.54. The lowest BCUT2D eigenvalue weighted by Crippen LogP contribution is -2.25. The molecule has 1 aliphatic rings. The highest BCUT2D eigenvalue weighted by Crippen LogP contribution is 2.29. The van der Waals surface area contributed by atoms with Crippen molar-refractivity contribution >= 4 is 17.4 Å². The molecule has 0 spiro atoms. The Labute approximate surface area is 107 Å². The molecule has 4 nitrogen and oxygen atoms in total. The summed E-state index contributed by atoms with van der Waals surface area (Å²) in [4.78, 5) is 25.2. The lowest BCUT2D eigenvalue weighted by molar-refractivity contribution is -0.114. The highest BCUT2D eigenvalue weighted by atomic mass is 16.1. The summed E-state index contributed by atoms with van der Waals surface area (Å²) in [5.74, 6) is 0.166. The van der Waals surface area contributed by atoms with Crippen LogP contribution < -0.4 is 5.32 Å². The molecule has 18 heavy (non-hydrogen) atoms. The van der Waals surface area contributed by atoms with E-state index in [0.717, 1.165) is 29.8 Å². The number of ketones is 1. The van der Waals surface area contributed by atoms with E-state index in [9.17, 15) is 9.59 Å². The van der Waals surface area contributed by atoms with Crippen LogP contribution >= 0.6 is 0 Å². The molecule has 0 fully saturated rings. The highest BCUT2D eigenvalue weighted by Gasteiger charge is 2.30. The molecule has 1 N–H and O–H groups in total. The number of fused-ring (bicyclic) bond motifs is 1. The maximum atomic E-state index is 12.2. The fourth-order valence-corrected chi connectivity index (χ4v) is 2.45. The first-order chi connectivity index (χ1) is 8.47. The average molecular weight is 246 g/mol. The smallest absolute Gasteiger partial charge is 0.221 e. The molecule has 2 rings (SSSR count). The van der Waals surface area contributed by atoms with Gasteiger partial charge in [-0.15, -0.1) is 0 Å². The Morgan fingerprint density at radius 2 is 2.17 bits per heavy atom. The zero-order valence-corrected chi connectivity index (χ0v) is 11.0.